The first-order valence-electron chi connectivity index (χ1n) is 1.70. The van der Waals surface area contributed by atoms with E-state index in [0.29, 0.717) is 8.81 Å². The van der Waals surface area contributed by atoms with Crippen molar-refractivity contribution in [2.45, 2.75) is 6.82 Å². The van der Waals surface area contributed by atoms with Gasteiger partial charge in [0.2, 0.25) is 0 Å². The molecule has 0 N–H and O–H groups in total. The van der Waals surface area contributed by atoms with Crippen LogP contribution in [0.4, 0.5) is 0 Å². The molecule has 1 atom stereocenters. The van der Waals surface area contributed by atoms with Crippen LogP contribution in [0.2, 0.25) is 6.82 Å². The molecule has 0 aliphatic rings. The topological polar surface area (TPSA) is 9.23 Å². The molecule has 1 nitrogen and oxygen atoms in total. The van der Waals surface area contributed by atoms with Crippen molar-refractivity contribution in [1.82, 2.24) is 0 Å². The number of hydrogen-bond donors (Lipinski definition) is 0. The molecule has 0 saturated carbocycles. The molecule has 0 aliphatic heterocycles. The van der Waals surface area contributed by atoms with Crippen molar-refractivity contribution in [1.29, 1.82) is 0 Å². The van der Waals surface area contributed by atoms with Gasteiger partial charge in [-0.15, -0.1) is 0 Å². The largest absolute Gasteiger partial charge is 0.422 e. The van der Waals surface area contributed by atoms with Gasteiger partial charge >= 0.3 is 0 Å². The molecule has 0 aliphatic carbocycles. The lowest BCUT2D eigenvalue weighted by Gasteiger charge is -1.84. The molecule has 0 spiro atoms. The van der Waals surface area contributed by atoms with Gasteiger partial charge in [0, 0.05) is 0 Å². The van der Waals surface area contributed by atoms with E-state index in [1.807, 2.05) is 13.5 Å². The molecule has 0 radical (unpaired) electrons. The zero-order valence-electron chi connectivity index (χ0n) is 3.62. The van der Waals surface area contributed by atoms with Crippen LogP contribution >= 0.6 is 8.81 Å². The molecule has 0 amide bonds. The summed E-state index contributed by atoms with van der Waals surface area (Å²) in [6, 6.07) is 0. The molecular formula is C2H8BOP. The SMILES string of the molecule is CBOPC. The van der Waals surface area contributed by atoms with Gasteiger partial charge in [-0.2, -0.15) is 0 Å². The van der Waals surface area contributed by atoms with Gasteiger partial charge in [-0.1, -0.05) is 6.82 Å². The summed E-state index contributed by atoms with van der Waals surface area (Å²) in [4.78, 5) is 0. The van der Waals surface area contributed by atoms with E-state index in [-0.39, 0.29) is 0 Å². The fourth-order valence-electron chi connectivity index (χ4n) is 0.144. The Hall–Kier alpha value is 0.455. The Morgan fingerprint density at radius 1 is 1.80 bits per heavy atom. The minimum absolute atomic E-state index is 0.658. The van der Waals surface area contributed by atoms with Crippen LogP contribution in [0, 0.1) is 0 Å². The number of rotatable bonds is 2. The Labute approximate surface area is 35.2 Å². The summed E-state index contributed by atoms with van der Waals surface area (Å²) in [5.41, 5.74) is 0. The predicted molar refractivity (Wildman–Crippen MR) is 28.3 cm³/mol. The Bertz CT molecular complexity index is 17.1. The highest BCUT2D eigenvalue weighted by Crippen LogP contribution is 1.99. The van der Waals surface area contributed by atoms with Crippen molar-refractivity contribution in [3.8, 4) is 0 Å². The molecule has 0 heterocycles. The molecule has 5 heavy (non-hydrogen) atoms. The van der Waals surface area contributed by atoms with Gasteiger partial charge in [0.05, 0.1) is 0 Å². The highest BCUT2D eigenvalue weighted by Gasteiger charge is 1.68. The van der Waals surface area contributed by atoms with Crippen LogP contribution in [0.3, 0.4) is 0 Å². The van der Waals surface area contributed by atoms with E-state index in [9.17, 15) is 0 Å². The van der Waals surface area contributed by atoms with Gasteiger partial charge in [-0.25, -0.2) is 0 Å². The second-order valence-corrected chi connectivity index (χ2v) is 1.33. The van der Waals surface area contributed by atoms with E-state index >= 15 is 0 Å². The average molecular weight is 89.9 g/mol. The van der Waals surface area contributed by atoms with Crippen molar-refractivity contribution in [3.05, 3.63) is 0 Å². The molecule has 0 aromatic carbocycles. The maximum absolute atomic E-state index is 4.86. The Morgan fingerprint density at radius 2 is 2.40 bits per heavy atom. The van der Waals surface area contributed by atoms with Crippen molar-refractivity contribution in [2.24, 2.45) is 0 Å². The summed E-state index contributed by atoms with van der Waals surface area (Å²) in [7, 11) is 1.51. The zero-order chi connectivity index (χ0) is 4.12. The van der Waals surface area contributed by atoms with Crippen LogP contribution in [0.25, 0.3) is 0 Å². The summed E-state index contributed by atoms with van der Waals surface area (Å²) in [5, 5.41) is 0. The predicted octanol–water partition coefficient (Wildman–Crippen LogP) is 0.626. The summed E-state index contributed by atoms with van der Waals surface area (Å²) in [6.45, 7) is 4.01. The minimum Gasteiger partial charge on any atom is -0.422 e. The van der Waals surface area contributed by atoms with Gasteiger partial charge in [0.15, 0.2) is 0 Å². The lowest BCUT2D eigenvalue weighted by atomic mass is 10.1. The highest BCUT2D eigenvalue weighted by molar-refractivity contribution is 7.32. The second-order valence-electron chi connectivity index (χ2n) is 0.637. The highest BCUT2D eigenvalue weighted by atomic mass is 31.1. The molecule has 1 unspecified atom stereocenters. The van der Waals surface area contributed by atoms with E-state index < -0.39 is 0 Å². The molecule has 0 saturated heterocycles. The third kappa shape index (κ3) is 4.45. The molecule has 0 bridgehead atoms. The summed E-state index contributed by atoms with van der Waals surface area (Å²) in [5.74, 6) is 0. The molecular weight excluding hydrogens is 81.8 g/mol. The quantitative estimate of drug-likeness (QED) is 0.356. The standard InChI is InChI=1S/C2H8BOP/c1-3-4-5-2/h3,5H,1-2H3. The third-order valence-corrected chi connectivity index (χ3v) is 0.866. The van der Waals surface area contributed by atoms with Gasteiger partial charge in [0.25, 0.3) is 7.48 Å². The van der Waals surface area contributed by atoms with Gasteiger partial charge in [-0.3, -0.25) is 0 Å². The summed E-state index contributed by atoms with van der Waals surface area (Å²) in [6.07, 6.45) is 0. The van der Waals surface area contributed by atoms with Crippen LogP contribution in [0.15, 0.2) is 0 Å². The van der Waals surface area contributed by atoms with Crippen molar-refractivity contribution in [3.63, 3.8) is 0 Å². The zero-order valence-corrected chi connectivity index (χ0v) is 4.62. The molecule has 0 rings (SSSR count). The monoisotopic (exact) mass is 90.0 g/mol. The van der Waals surface area contributed by atoms with E-state index in [0.717, 1.165) is 7.48 Å². The van der Waals surface area contributed by atoms with E-state index in [2.05, 4.69) is 0 Å². The first-order valence-corrected chi connectivity index (χ1v) is 3.11. The Balaban J connectivity index is 2.19. The van der Waals surface area contributed by atoms with Crippen molar-refractivity contribution >= 4 is 16.3 Å². The molecule has 0 fully saturated rings. The van der Waals surface area contributed by atoms with E-state index in [1.165, 1.54) is 0 Å². The molecule has 3 heteroatoms. The first-order chi connectivity index (χ1) is 2.41. The Morgan fingerprint density at radius 3 is 2.40 bits per heavy atom. The third-order valence-electron chi connectivity index (χ3n) is 0.289. The normalized spacial score (nSPS) is 10.0. The van der Waals surface area contributed by atoms with Crippen LogP contribution in [-0.4, -0.2) is 14.1 Å². The first kappa shape index (κ1) is 5.45. The molecule has 0 aromatic heterocycles. The lowest BCUT2D eigenvalue weighted by Crippen LogP contribution is -1.75. The van der Waals surface area contributed by atoms with Gasteiger partial charge in [-0.05, 0) is 15.5 Å². The molecule has 30 valence electrons. The van der Waals surface area contributed by atoms with Crippen LogP contribution in [0.1, 0.15) is 0 Å². The maximum atomic E-state index is 4.86. The van der Waals surface area contributed by atoms with Crippen LogP contribution < -0.4 is 0 Å². The lowest BCUT2D eigenvalue weighted by molar-refractivity contribution is 0.692. The average Bonchev–Trinajstić information content (AvgIpc) is 1.41. The van der Waals surface area contributed by atoms with Gasteiger partial charge in [0.1, 0.15) is 0 Å². The summed E-state index contributed by atoms with van der Waals surface area (Å²) < 4.78 is 4.86. The summed E-state index contributed by atoms with van der Waals surface area (Å²) >= 11 is 0. The van der Waals surface area contributed by atoms with Crippen LogP contribution in [-0.2, 0) is 4.44 Å². The van der Waals surface area contributed by atoms with Crippen LogP contribution in [0.5, 0.6) is 0 Å². The second kappa shape index (κ2) is 4.45. The smallest absolute Gasteiger partial charge is 0.276 e. The van der Waals surface area contributed by atoms with Crippen molar-refractivity contribution in [2.75, 3.05) is 6.66 Å². The fraction of sp³-hybridized carbons (Fsp3) is 1.00. The maximum Gasteiger partial charge on any atom is 0.276 e. The Kier molecular flexibility index (Phi) is 4.86. The van der Waals surface area contributed by atoms with Gasteiger partial charge < -0.3 is 4.44 Å². The fourth-order valence-corrected chi connectivity index (χ4v) is 0.433. The van der Waals surface area contributed by atoms with Crippen molar-refractivity contribution < 1.29 is 4.44 Å². The number of hydrogen-bond acceptors (Lipinski definition) is 1. The van der Waals surface area contributed by atoms with E-state index in [1.54, 1.807) is 0 Å². The minimum atomic E-state index is 0.658. The van der Waals surface area contributed by atoms with E-state index in [4.69, 9.17) is 4.44 Å². The molecule has 0 aromatic rings.